The number of nitrogens with zero attached hydrogens (tertiary/aromatic N) is 2. The number of aromatic amines is 1. The molecule has 0 atom stereocenters. The number of rotatable bonds is 27. The van der Waals surface area contributed by atoms with Crippen LogP contribution < -0.4 is 11.2 Å². The van der Waals surface area contributed by atoms with Gasteiger partial charge in [-0.2, -0.15) is 0 Å². The minimum atomic E-state index is -0.726. The molecule has 0 unspecified atom stereocenters. The molecule has 1 heterocycles. The monoisotopic (exact) mass is 565 g/mol. The molecule has 1 aromatic rings. The molecule has 0 saturated carbocycles. The number of esters is 1. The van der Waals surface area contributed by atoms with E-state index in [0.29, 0.717) is 19.6 Å². The SMILES string of the molecule is CCCCCCCCOC(=O)CCCCCCCN(CCCCCCCC(=O)O)CCCn1ccc(=O)[nH]c1=O. The first-order valence-corrected chi connectivity index (χ1v) is 15.8. The molecule has 0 radical (unpaired) electrons. The van der Waals surface area contributed by atoms with Crippen molar-refractivity contribution in [3.63, 3.8) is 0 Å². The lowest BCUT2D eigenvalue weighted by molar-refractivity contribution is -0.144. The molecular weight excluding hydrogens is 510 g/mol. The fourth-order valence-corrected chi connectivity index (χ4v) is 4.84. The highest BCUT2D eigenvalue weighted by Crippen LogP contribution is 2.11. The molecular formula is C31H55N3O6. The van der Waals surface area contributed by atoms with Crippen LogP contribution in [0, 0.1) is 0 Å². The van der Waals surface area contributed by atoms with E-state index in [-0.39, 0.29) is 23.6 Å². The molecule has 9 heteroatoms. The molecule has 0 aliphatic rings. The molecule has 0 aliphatic heterocycles. The first kappa shape index (κ1) is 35.6. The van der Waals surface area contributed by atoms with Crippen molar-refractivity contribution in [2.45, 2.75) is 135 Å². The van der Waals surface area contributed by atoms with Crippen molar-refractivity contribution < 1.29 is 19.4 Å². The highest BCUT2D eigenvalue weighted by Gasteiger charge is 2.07. The summed E-state index contributed by atoms with van der Waals surface area (Å²) in [6.07, 6.45) is 20.4. The molecule has 2 N–H and O–H groups in total. The van der Waals surface area contributed by atoms with Crippen molar-refractivity contribution in [1.29, 1.82) is 0 Å². The van der Waals surface area contributed by atoms with E-state index in [0.717, 1.165) is 103 Å². The average molecular weight is 566 g/mol. The van der Waals surface area contributed by atoms with Gasteiger partial charge in [0.05, 0.1) is 6.61 Å². The summed E-state index contributed by atoms with van der Waals surface area (Å²) in [4.78, 5) is 50.5. The second-order valence-electron chi connectivity index (χ2n) is 10.9. The number of ether oxygens (including phenoxy) is 1. The predicted molar refractivity (Wildman–Crippen MR) is 160 cm³/mol. The fraction of sp³-hybridized carbons (Fsp3) is 0.806. The van der Waals surface area contributed by atoms with Gasteiger partial charge in [0.2, 0.25) is 0 Å². The zero-order chi connectivity index (χ0) is 29.3. The van der Waals surface area contributed by atoms with Gasteiger partial charge in [0.15, 0.2) is 0 Å². The van der Waals surface area contributed by atoms with Gasteiger partial charge in [-0.1, -0.05) is 77.6 Å². The molecule has 230 valence electrons. The first-order valence-electron chi connectivity index (χ1n) is 15.8. The van der Waals surface area contributed by atoms with E-state index >= 15 is 0 Å². The summed E-state index contributed by atoms with van der Waals surface area (Å²) in [5.74, 6) is -0.791. The van der Waals surface area contributed by atoms with Crippen molar-refractivity contribution in [3.8, 4) is 0 Å². The zero-order valence-corrected chi connectivity index (χ0v) is 25.0. The van der Waals surface area contributed by atoms with Gasteiger partial charge in [-0.3, -0.25) is 19.4 Å². The zero-order valence-electron chi connectivity index (χ0n) is 25.0. The maximum Gasteiger partial charge on any atom is 0.328 e. The summed E-state index contributed by atoms with van der Waals surface area (Å²) in [5.41, 5.74) is -0.747. The van der Waals surface area contributed by atoms with E-state index in [1.54, 1.807) is 10.8 Å². The Kier molecular flexibility index (Phi) is 21.7. The van der Waals surface area contributed by atoms with Crippen LogP contribution in [-0.2, 0) is 20.9 Å². The first-order chi connectivity index (χ1) is 19.4. The van der Waals surface area contributed by atoms with E-state index in [2.05, 4.69) is 16.8 Å². The van der Waals surface area contributed by atoms with Crippen LogP contribution >= 0.6 is 0 Å². The molecule has 0 bridgehead atoms. The van der Waals surface area contributed by atoms with E-state index < -0.39 is 5.97 Å². The molecule has 0 amide bonds. The smallest absolute Gasteiger partial charge is 0.328 e. The van der Waals surface area contributed by atoms with Crippen LogP contribution in [0.2, 0.25) is 0 Å². The maximum absolute atomic E-state index is 11.9. The van der Waals surface area contributed by atoms with Crippen molar-refractivity contribution in [1.82, 2.24) is 14.5 Å². The van der Waals surface area contributed by atoms with Crippen molar-refractivity contribution in [2.75, 3.05) is 26.2 Å². The van der Waals surface area contributed by atoms with Gasteiger partial charge in [-0.15, -0.1) is 0 Å². The Morgan fingerprint density at radius 2 is 1.32 bits per heavy atom. The molecule has 0 spiro atoms. The minimum Gasteiger partial charge on any atom is -0.481 e. The summed E-state index contributed by atoms with van der Waals surface area (Å²) in [6.45, 7) is 6.20. The van der Waals surface area contributed by atoms with Gasteiger partial charge < -0.3 is 19.3 Å². The number of aryl methyl sites for hydroxylation is 1. The van der Waals surface area contributed by atoms with E-state index in [9.17, 15) is 19.2 Å². The van der Waals surface area contributed by atoms with E-state index in [4.69, 9.17) is 9.84 Å². The molecule has 0 aromatic carbocycles. The van der Waals surface area contributed by atoms with Crippen LogP contribution in [0.3, 0.4) is 0 Å². The van der Waals surface area contributed by atoms with Gasteiger partial charge in [0.25, 0.3) is 5.56 Å². The summed E-state index contributed by atoms with van der Waals surface area (Å²) in [6, 6.07) is 1.37. The van der Waals surface area contributed by atoms with Gasteiger partial charge >= 0.3 is 17.6 Å². The number of aliphatic carboxylic acids is 1. The van der Waals surface area contributed by atoms with Gasteiger partial charge in [0.1, 0.15) is 0 Å². The molecule has 9 nitrogen and oxygen atoms in total. The van der Waals surface area contributed by atoms with Crippen molar-refractivity contribution in [3.05, 3.63) is 33.1 Å². The lowest BCUT2D eigenvalue weighted by Gasteiger charge is -2.22. The summed E-state index contributed by atoms with van der Waals surface area (Å²) < 4.78 is 6.90. The molecule has 0 aliphatic carbocycles. The third-order valence-electron chi connectivity index (χ3n) is 7.25. The molecule has 40 heavy (non-hydrogen) atoms. The Hall–Kier alpha value is -2.42. The number of carboxylic acid groups (broad SMARTS) is 1. The number of nitrogens with one attached hydrogen (secondary N) is 1. The molecule has 0 saturated heterocycles. The highest BCUT2D eigenvalue weighted by atomic mass is 16.5. The second-order valence-corrected chi connectivity index (χ2v) is 10.9. The Labute approximate surface area is 240 Å². The summed E-state index contributed by atoms with van der Waals surface area (Å²) in [5, 5.41) is 8.76. The third kappa shape index (κ3) is 20.5. The fourth-order valence-electron chi connectivity index (χ4n) is 4.84. The van der Waals surface area contributed by atoms with Crippen LogP contribution in [0.15, 0.2) is 21.9 Å². The van der Waals surface area contributed by atoms with Gasteiger partial charge in [-0.25, -0.2) is 4.79 Å². The van der Waals surface area contributed by atoms with Crippen LogP contribution in [-0.4, -0.2) is 57.7 Å². The number of unbranched alkanes of at least 4 members (excludes halogenated alkanes) is 13. The van der Waals surface area contributed by atoms with E-state index in [1.807, 2.05) is 0 Å². The van der Waals surface area contributed by atoms with Crippen LogP contribution in [0.1, 0.15) is 129 Å². The second kappa shape index (κ2) is 24.4. The number of hydrogen-bond donors (Lipinski definition) is 2. The van der Waals surface area contributed by atoms with Crippen LogP contribution in [0.25, 0.3) is 0 Å². The number of hydrogen-bond acceptors (Lipinski definition) is 6. The number of carbonyl (C=O) groups is 2. The van der Waals surface area contributed by atoms with Crippen molar-refractivity contribution >= 4 is 11.9 Å². The van der Waals surface area contributed by atoms with Gasteiger partial charge in [0, 0.05) is 31.6 Å². The Bertz CT molecular complexity index is 898. The van der Waals surface area contributed by atoms with Crippen LogP contribution in [0.4, 0.5) is 0 Å². The molecule has 0 fully saturated rings. The number of aromatic nitrogens is 2. The molecule has 1 rings (SSSR count). The predicted octanol–water partition coefficient (Wildman–Crippen LogP) is 5.90. The highest BCUT2D eigenvalue weighted by molar-refractivity contribution is 5.69. The standard InChI is InChI=1S/C31H55N3O6/c1-2-3-4-5-12-17-27-40-30(38)20-14-9-7-11-16-23-33(22-15-10-6-8-13-19-29(36)37)24-18-25-34-26-21-28(35)32-31(34)39/h21,26H,2-20,22-25,27H2,1H3,(H,36,37)(H,32,35,39). The lowest BCUT2D eigenvalue weighted by atomic mass is 10.1. The summed E-state index contributed by atoms with van der Waals surface area (Å²) >= 11 is 0. The van der Waals surface area contributed by atoms with Crippen molar-refractivity contribution in [2.24, 2.45) is 0 Å². The maximum atomic E-state index is 11.9. The largest absolute Gasteiger partial charge is 0.481 e. The minimum absolute atomic E-state index is 0.0655. The Balaban J connectivity index is 2.22. The quantitative estimate of drug-likeness (QED) is 0.101. The van der Waals surface area contributed by atoms with Crippen LogP contribution in [0.5, 0.6) is 0 Å². The average Bonchev–Trinajstić information content (AvgIpc) is 2.92. The number of H-pyrrole nitrogens is 1. The lowest BCUT2D eigenvalue weighted by Crippen LogP contribution is -2.31. The van der Waals surface area contributed by atoms with Gasteiger partial charge in [-0.05, 0) is 58.2 Å². The summed E-state index contributed by atoms with van der Waals surface area (Å²) in [7, 11) is 0. The topological polar surface area (TPSA) is 122 Å². The number of carboxylic acids is 1. The normalized spacial score (nSPS) is 11.2. The Morgan fingerprint density at radius 1 is 0.775 bits per heavy atom. The molecule has 1 aromatic heterocycles. The Morgan fingerprint density at radius 3 is 1.95 bits per heavy atom. The third-order valence-corrected chi connectivity index (χ3v) is 7.25. The number of carbonyl (C=O) groups excluding carboxylic acids is 1. The van der Waals surface area contributed by atoms with E-state index in [1.165, 1.54) is 31.7 Å².